The molecule has 1 aliphatic carbocycles. The van der Waals surface area contributed by atoms with Crippen molar-refractivity contribution in [2.45, 2.75) is 103 Å². The Kier molecular flexibility index (Phi) is 11.1. The second kappa shape index (κ2) is 14.1. The number of rotatable bonds is 11. The maximum absolute atomic E-state index is 13.8. The van der Waals surface area contributed by atoms with Gasteiger partial charge in [-0.1, -0.05) is 33.0 Å². The van der Waals surface area contributed by atoms with Crippen molar-refractivity contribution in [2.75, 3.05) is 37.9 Å². The number of amides is 7. The smallest absolute Gasteiger partial charge is 0.334 e. The van der Waals surface area contributed by atoms with E-state index < -0.39 is 31.5 Å². The topological polar surface area (TPSA) is 108 Å². The molecular formula is C30H48N4O6S2Si. The Morgan fingerprint density at radius 1 is 0.907 bits per heavy atom. The van der Waals surface area contributed by atoms with E-state index in [1.54, 1.807) is 18.7 Å². The van der Waals surface area contributed by atoms with Gasteiger partial charge in [0.05, 0.1) is 4.24 Å². The lowest BCUT2D eigenvalue weighted by Crippen LogP contribution is -2.60. The zero-order chi connectivity index (χ0) is 31.5. The number of carbonyl (C=O) groups is 5. The van der Waals surface area contributed by atoms with Gasteiger partial charge in [0.25, 0.3) is 17.7 Å². The third-order valence-corrected chi connectivity index (χ3v) is 13.1. The lowest BCUT2D eigenvalue weighted by Gasteiger charge is -2.42. The van der Waals surface area contributed by atoms with Crippen LogP contribution in [0.3, 0.4) is 0 Å². The quantitative estimate of drug-likeness (QED) is 0.0938. The predicted octanol–water partition coefficient (Wildman–Crippen LogP) is 5.57. The zero-order valence-electron chi connectivity index (χ0n) is 26.6. The van der Waals surface area contributed by atoms with Crippen LogP contribution >= 0.6 is 23.5 Å². The Labute approximate surface area is 265 Å². The van der Waals surface area contributed by atoms with Crippen molar-refractivity contribution < 1.29 is 28.7 Å². The number of hydrogen-bond donors (Lipinski definition) is 0. The molecule has 4 aliphatic rings. The highest BCUT2D eigenvalue weighted by molar-refractivity contribution is 8.22. The van der Waals surface area contributed by atoms with Crippen LogP contribution in [-0.2, 0) is 19.1 Å². The Balaban J connectivity index is 1.41. The van der Waals surface area contributed by atoms with Crippen LogP contribution in [0.1, 0.15) is 65.7 Å². The second-order valence-electron chi connectivity index (χ2n) is 13.7. The van der Waals surface area contributed by atoms with Crippen molar-refractivity contribution in [1.29, 1.82) is 0 Å². The second-order valence-corrected chi connectivity index (χ2v) is 21.8. The molecule has 0 unspecified atom stereocenters. The molecule has 7 amide bonds. The lowest BCUT2D eigenvalue weighted by molar-refractivity contribution is -0.138. The molecule has 3 aliphatic heterocycles. The number of barbiturate groups is 1. The third-order valence-electron chi connectivity index (χ3n) is 8.77. The highest BCUT2D eigenvalue weighted by atomic mass is 32.2. The molecule has 4 rings (SSSR count). The van der Waals surface area contributed by atoms with Crippen LogP contribution in [0.25, 0.3) is 0 Å². The summed E-state index contributed by atoms with van der Waals surface area (Å²) in [5.41, 5.74) is -0.812. The summed E-state index contributed by atoms with van der Waals surface area (Å²) in [5.74, 6) is 0.676. The number of carbonyl (C=O) groups excluding carboxylic acids is 5. The number of urea groups is 2. The van der Waals surface area contributed by atoms with Gasteiger partial charge in [-0.3, -0.25) is 24.2 Å². The van der Waals surface area contributed by atoms with E-state index in [0.717, 1.165) is 34.6 Å². The van der Waals surface area contributed by atoms with Crippen molar-refractivity contribution in [1.82, 2.24) is 19.6 Å². The normalized spacial score (nSPS) is 25.5. The van der Waals surface area contributed by atoms with Crippen molar-refractivity contribution in [2.24, 2.45) is 5.92 Å². The molecule has 13 heteroatoms. The fourth-order valence-electron chi connectivity index (χ4n) is 5.95. The molecule has 0 spiro atoms. The summed E-state index contributed by atoms with van der Waals surface area (Å²) in [6.07, 6.45) is 5.16. The van der Waals surface area contributed by atoms with E-state index in [0.29, 0.717) is 51.8 Å². The first kappa shape index (κ1) is 34.0. The van der Waals surface area contributed by atoms with Gasteiger partial charge in [-0.05, 0) is 75.8 Å². The van der Waals surface area contributed by atoms with Crippen LogP contribution in [0, 0.1) is 5.92 Å². The summed E-state index contributed by atoms with van der Waals surface area (Å²) >= 11 is 3.08. The van der Waals surface area contributed by atoms with E-state index in [4.69, 9.17) is 4.74 Å². The molecule has 3 saturated heterocycles. The summed E-state index contributed by atoms with van der Waals surface area (Å²) < 4.78 is 6.49. The minimum atomic E-state index is -1.29. The van der Waals surface area contributed by atoms with E-state index in [9.17, 15) is 24.0 Å². The maximum Gasteiger partial charge on any atom is 0.334 e. The number of nitrogens with zero attached hydrogens (tertiary/aromatic N) is 4. The average Bonchev–Trinajstić information content (AvgIpc) is 3.11. The summed E-state index contributed by atoms with van der Waals surface area (Å²) in [6, 6.07) is -0.172. The van der Waals surface area contributed by atoms with Gasteiger partial charge in [0, 0.05) is 33.8 Å². The van der Waals surface area contributed by atoms with Crippen molar-refractivity contribution in [3.8, 4) is 0 Å². The molecule has 1 saturated carbocycles. The Morgan fingerprint density at radius 2 is 1.56 bits per heavy atom. The van der Waals surface area contributed by atoms with Gasteiger partial charge in [0.2, 0.25) is 0 Å². The summed E-state index contributed by atoms with van der Waals surface area (Å²) in [6.45, 7) is 13.6. The highest BCUT2D eigenvalue weighted by Gasteiger charge is 2.52. The van der Waals surface area contributed by atoms with Crippen LogP contribution in [0.4, 0.5) is 9.59 Å². The molecule has 0 N–H and O–H groups in total. The first-order valence-corrected chi connectivity index (χ1v) is 21.4. The zero-order valence-corrected chi connectivity index (χ0v) is 29.2. The first-order chi connectivity index (χ1) is 20.3. The van der Waals surface area contributed by atoms with Gasteiger partial charge in [0.15, 0.2) is 0 Å². The molecule has 43 heavy (non-hydrogen) atoms. The SMILES string of the molecule is CCCCN1C(=O)C(=C2SCCCS2)C(=O)N(C2CCC(CN3C(=O)N(COCC[Si](C)(C)C)C(=O)C3(C)C)CC2)C1=O. The molecule has 4 fully saturated rings. The fraction of sp³-hybridized carbons (Fsp3) is 0.767. The molecule has 0 radical (unpaired) electrons. The number of thioether (sulfide) groups is 2. The van der Waals surface area contributed by atoms with Gasteiger partial charge in [-0.2, -0.15) is 0 Å². The molecule has 0 aromatic rings. The van der Waals surface area contributed by atoms with Crippen LogP contribution in [-0.4, -0.2) is 107 Å². The van der Waals surface area contributed by atoms with E-state index in [-0.39, 0.29) is 36.2 Å². The van der Waals surface area contributed by atoms with Gasteiger partial charge >= 0.3 is 12.1 Å². The lowest BCUT2D eigenvalue weighted by atomic mass is 9.84. The number of imide groups is 3. The minimum absolute atomic E-state index is 0.0321. The van der Waals surface area contributed by atoms with E-state index >= 15 is 0 Å². The van der Waals surface area contributed by atoms with E-state index in [1.807, 2.05) is 6.92 Å². The fourth-order valence-corrected chi connectivity index (χ4v) is 9.31. The Bertz CT molecular complexity index is 1140. The molecular weight excluding hydrogens is 605 g/mol. The summed E-state index contributed by atoms with van der Waals surface area (Å²) in [5, 5.41) is 0. The monoisotopic (exact) mass is 652 g/mol. The summed E-state index contributed by atoms with van der Waals surface area (Å²) in [4.78, 5) is 72.7. The van der Waals surface area contributed by atoms with Crippen molar-refractivity contribution in [3.05, 3.63) is 9.81 Å². The van der Waals surface area contributed by atoms with Crippen molar-refractivity contribution >= 4 is 61.4 Å². The highest BCUT2D eigenvalue weighted by Crippen LogP contribution is 2.41. The Hall–Kier alpha value is -1.83. The standard InChI is InChI=1S/C30H48N4O6S2Si/c1-7-8-14-31-24(35)23(26-41-16-9-17-42-26)25(36)34(29(31)39)22-12-10-21(11-13-22)19-33-28(38)32(27(37)30(33,2)3)20-40-15-18-43(4,5)6/h21-22H,7-20H2,1-6H3. The van der Waals surface area contributed by atoms with Gasteiger partial charge in [-0.15, -0.1) is 23.5 Å². The first-order valence-electron chi connectivity index (χ1n) is 15.7. The predicted molar refractivity (Wildman–Crippen MR) is 173 cm³/mol. The average molecular weight is 653 g/mol. The van der Waals surface area contributed by atoms with Crippen LogP contribution in [0.15, 0.2) is 9.81 Å². The minimum Gasteiger partial charge on any atom is -0.361 e. The van der Waals surface area contributed by atoms with Crippen molar-refractivity contribution in [3.63, 3.8) is 0 Å². The third kappa shape index (κ3) is 7.53. The largest absolute Gasteiger partial charge is 0.361 e. The van der Waals surface area contributed by atoms with Crippen LogP contribution in [0.5, 0.6) is 0 Å². The number of hydrogen-bond acceptors (Lipinski definition) is 8. The van der Waals surface area contributed by atoms with Gasteiger partial charge in [0.1, 0.15) is 17.8 Å². The molecule has 0 aromatic carbocycles. The summed E-state index contributed by atoms with van der Waals surface area (Å²) in [7, 11) is -1.29. The Morgan fingerprint density at radius 3 is 2.16 bits per heavy atom. The van der Waals surface area contributed by atoms with Gasteiger partial charge in [-0.25, -0.2) is 14.5 Å². The van der Waals surface area contributed by atoms with E-state index in [1.165, 1.54) is 38.2 Å². The molecule has 0 atom stereocenters. The van der Waals surface area contributed by atoms with Gasteiger partial charge < -0.3 is 9.64 Å². The molecule has 0 bridgehead atoms. The van der Waals surface area contributed by atoms with E-state index in [2.05, 4.69) is 19.6 Å². The molecule has 3 heterocycles. The number of ether oxygens (including phenoxy) is 1. The maximum atomic E-state index is 13.8. The number of unbranched alkanes of at least 4 members (excludes halogenated alkanes) is 1. The van der Waals surface area contributed by atoms with Crippen LogP contribution < -0.4 is 0 Å². The molecule has 0 aromatic heterocycles. The molecule has 10 nitrogen and oxygen atoms in total. The van der Waals surface area contributed by atoms with Crippen LogP contribution in [0.2, 0.25) is 25.7 Å². The molecule has 240 valence electrons.